The molecule has 92 valence electrons. The van der Waals surface area contributed by atoms with E-state index >= 15 is 0 Å². The lowest BCUT2D eigenvalue weighted by molar-refractivity contribution is 0.0697. The predicted octanol–water partition coefficient (Wildman–Crippen LogP) is 2.08. The van der Waals surface area contributed by atoms with Gasteiger partial charge in [-0.1, -0.05) is 0 Å². The monoisotopic (exact) mass is 247 g/mol. The molecule has 1 heterocycles. The number of hydrogen-bond acceptors (Lipinski definition) is 4. The normalized spacial score (nSPS) is 10.1. The summed E-state index contributed by atoms with van der Waals surface area (Å²) in [5.41, 5.74) is 0.916. The number of benzene rings is 1. The van der Waals surface area contributed by atoms with Crippen molar-refractivity contribution in [2.24, 2.45) is 0 Å². The van der Waals surface area contributed by atoms with Crippen molar-refractivity contribution in [3.05, 3.63) is 48.0 Å². The van der Waals surface area contributed by atoms with Gasteiger partial charge in [-0.05, 0) is 24.3 Å². The summed E-state index contributed by atoms with van der Waals surface area (Å²) in [6, 6.07) is 6.24. The molecular weight excluding hydrogens is 237 g/mol. The molecule has 0 bridgehead atoms. The summed E-state index contributed by atoms with van der Waals surface area (Å²) in [7, 11) is 1.71. The molecule has 2 aromatic rings. The Morgan fingerprint density at radius 2 is 1.78 bits per heavy atom. The molecule has 0 aliphatic carbocycles. The highest BCUT2D eigenvalue weighted by Gasteiger charge is 2.08. The Morgan fingerprint density at radius 1 is 1.22 bits per heavy atom. The molecule has 0 aliphatic heterocycles. The van der Waals surface area contributed by atoms with Crippen LogP contribution < -0.4 is 4.90 Å². The third-order valence-corrected chi connectivity index (χ3v) is 2.41. The van der Waals surface area contributed by atoms with Crippen LogP contribution in [0.5, 0.6) is 0 Å². The minimum atomic E-state index is -0.984. The van der Waals surface area contributed by atoms with E-state index in [1.54, 1.807) is 24.1 Å². The van der Waals surface area contributed by atoms with E-state index in [0.717, 1.165) is 12.4 Å². The standard InChI is InChI=1S/C12H10FN3O2/c1-16(12-14-6-9(13)7-15-12)10-4-2-8(3-5-10)11(17)18/h2-7H,1H3,(H,17,18). The van der Waals surface area contributed by atoms with Gasteiger partial charge in [0.2, 0.25) is 5.95 Å². The van der Waals surface area contributed by atoms with Gasteiger partial charge < -0.3 is 10.0 Å². The maximum absolute atomic E-state index is 12.7. The van der Waals surface area contributed by atoms with Gasteiger partial charge in [0.25, 0.3) is 0 Å². The van der Waals surface area contributed by atoms with Gasteiger partial charge in [0.15, 0.2) is 5.82 Å². The summed E-state index contributed by atoms with van der Waals surface area (Å²) in [4.78, 5) is 20.0. The second kappa shape index (κ2) is 4.79. The van der Waals surface area contributed by atoms with Crippen molar-refractivity contribution < 1.29 is 14.3 Å². The number of nitrogens with zero attached hydrogens (tertiary/aromatic N) is 3. The molecule has 0 fully saturated rings. The van der Waals surface area contributed by atoms with E-state index in [1.165, 1.54) is 12.1 Å². The quantitative estimate of drug-likeness (QED) is 0.899. The number of carboxylic acids is 1. The first-order valence-electron chi connectivity index (χ1n) is 5.12. The number of rotatable bonds is 3. The maximum atomic E-state index is 12.7. The zero-order valence-corrected chi connectivity index (χ0v) is 9.54. The SMILES string of the molecule is CN(c1ccc(C(=O)O)cc1)c1ncc(F)cn1. The fraction of sp³-hybridized carbons (Fsp3) is 0.0833. The highest BCUT2D eigenvalue weighted by molar-refractivity contribution is 5.88. The topological polar surface area (TPSA) is 66.3 Å². The lowest BCUT2D eigenvalue weighted by Crippen LogP contribution is -2.13. The van der Waals surface area contributed by atoms with Crippen molar-refractivity contribution in [1.29, 1.82) is 0 Å². The van der Waals surface area contributed by atoms with Crippen LogP contribution in [0.25, 0.3) is 0 Å². The highest BCUT2D eigenvalue weighted by atomic mass is 19.1. The summed E-state index contributed by atoms with van der Waals surface area (Å²) in [6.45, 7) is 0. The first-order valence-corrected chi connectivity index (χ1v) is 5.12. The van der Waals surface area contributed by atoms with Crippen LogP contribution in [-0.4, -0.2) is 28.1 Å². The van der Waals surface area contributed by atoms with E-state index in [9.17, 15) is 9.18 Å². The molecule has 0 amide bonds. The maximum Gasteiger partial charge on any atom is 0.335 e. The average Bonchev–Trinajstić information content (AvgIpc) is 2.39. The second-order valence-corrected chi connectivity index (χ2v) is 3.61. The van der Waals surface area contributed by atoms with Gasteiger partial charge in [-0.25, -0.2) is 19.2 Å². The lowest BCUT2D eigenvalue weighted by Gasteiger charge is -2.16. The number of carbonyl (C=O) groups is 1. The summed E-state index contributed by atoms with van der Waals surface area (Å²) >= 11 is 0. The molecule has 6 heteroatoms. The van der Waals surface area contributed by atoms with Gasteiger partial charge in [0.1, 0.15) is 0 Å². The Morgan fingerprint density at radius 3 is 2.28 bits per heavy atom. The number of carboxylic acid groups (broad SMARTS) is 1. The molecule has 0 unspecified atom stereocenters. The fourth-order valence-electron chi connectivity index (χ4n) is 1.42. The van der Waals surface area contributed by atoms with Crippen LogP contribution in [0.15, 0.2) is 36.7 Å². The third kappa shape index (κ3) is 2.42. The van der Waals surface area contributed by atoms with E-state index in [2.05, 4.69) is 9.97 Å². The van der Waals surface area contributed by atoms with Crippen LogP contribution in [-0.2, 0) is 0 Å². The van der Waals surface area contributed by atoms with E-state index in [1.807, 2.05) is 0 Å². The predicted molar refractivity (Wildman–Crippen MR) is 63.5 cm³/mol. The fourth-order valence-corrected chi connectivity index (χ4v) is 1.42. The molecular formula is C12H10FN3O2. The number of hydrogen-bond donors (Lipinski definition) is 1. The van der Waals surface area contributed by atoms with Crippen molar-refractivity contribution in [3.63, 3.8) is 0 Å². The zero-order valence-electron chi connectivity index (χ0n) is 9.54. The van der Waals surface area contributed by atoms with E-state index < -0.39 is 11.8 Å². The summed E-state index contributed by atoms with van der Waals surface area (Å²) < 4.78 is 12.7. The van der Waals surface area contributed by atoms with Crippen LogP contribution in [0.1, 0.15) is 10.4 Å². The van der Waals surface area contributed by atoms with Gasteiger partial charge in [-0.3, -0.25) is 0 Å². The molecule has 1 N–H and O–H groups in total. The van der Waals surface area contributed by atoms with Crippen LogP contribution in [0.2, 0.25) is 0 Å². The molecule has 1 aromatic carbocycles. The van der Waals surface area contributed by atoms with Crippen molar-refractivity contribution in [1.82, 2.24) is 9.97 Å². The van der Waals surface area contributed by atoms with Crippen molar-refractivity contribution in [2.75, 3.05) is 11.9 Å². The first-order chi connectivity index (χ1) is 8.58. The van der Waals surface area contributed by atoms with E-state index in [4.69, 9.17) is 5.11 Å². The molecule has 0 radical (unpaired) electrons. The minimum absolute atomic E-state index is 0.201. The van der Waals surface area contributed by atoms with Gasteiger partial charge in [-0.2, -0.15) is 0 Å². The molecule has 18 heavy (non-hydrogen) atoms. The van der Waals surface area contributed by atoms with Crippen molar-refractivity contribution in [2.45, 2.75) is 0 Å². The van der Waals surface area contributed by atoms with Gasteiger partial charge in [0.05, 0.1) is 18.0 Å². The van der Waals surface area contributed by atoms with Gasteiger partial charge in [-0.15, -0.1) is 0 Å². The number of aromatic carboxylic acids is 1. The Bertz CT molecular complexity index is 555. The van der Waals surface area contributed by atoms with Gasteiger partial charge in [0, 0.05) is 12.7 Å². The van der Waals surface area contributed by atoms with Crippen LogP contribution in [0.4, 0.5) is 16.0 Å². The minimum Gasteiger partial charge on any atom is -0.478 e. The number of halogens is 1. The molecule has 0 atom stereocenters. The number of aromatic nitrogens is 2. The lowest BCUT2D eigenvalue weighted by atomic mass is 10.2. The first kappa shape index (κ1) is 12.0. The Kier molecular flexibility index (Phi) is 3.18. The average molecular weight is 247 g/mol. The van der Waals surface area contributed by atoms with E-state index in [0.29, 0.717) is 11.6 Å². The molecule has 5 nitrogen and oxygen atoms in total. The zero-order chi connectivity index (χ0) is 13.1. The highest BCUT2D eigenvalue weighted by Crippen LogP contribution is 2.20. The summed E-state index contributed by atoms with van der Waals surface area (Å²) in [6.07, 6.45) is 2.15. The van der Waals surface area contributed by atoms with Crippen molar-refractivity contribution in [3.8, 4) is 0 Å². The van der Waals surface area contributed by atoms with Gasteiger partial charge >= 0.3 is 5.97 Å². The largest absolute Gasteiger partial charge is 0.478 e. The Labute approximate surface area is 103 Å². The van der Waals surface area contributed by atoms with Crippen LogP contribution in [0.3, 0.4) is 0 Å². The number of anilines is 2. The molecule has 2 rings (SSSR count). The van der Waals surface area contributed by atoms with Crippen molar-refractivity contribution >= 4 is 17.6 Å². The van der Waals surface area contributed by atoms with E-state index in [-0.39, 0.29) is 5.56 Å². The molecule has 1 aromatic heterocycles. The molecule has 0 saturated carbocycles. The van der Waals surface area contributed by atoms with Crippen LogP contribution in [0, 0.1) is 5.82 Å². The Hall–Kier alpha value is -2.50. The molecule has 0 aliphatic rings. The second-order valence-electron chi connectivity index (χ2n) is 3.61. The third-order valence-electron chi connectivity index (χ3n) is 2.41. The molecule has 0 spiro atoms. The smallest absolute Gasteiger partial charge is 0.335 e. The molecule has 0 saturated heterocycles. The van der Waals surface area contributed by atoms with Crippen LogP contribution >= 0.6 is 0 Å². The Balaban J connectivity index is 2.25. The summed E-state index contributed by atoms with van der Waals surface area (Å²) in [5, 5.41) is 8.78. The summed E-state index contributed by atoms with van der Waals surface area (Å²) in [5.74, 6) is -1.16.